The molecule has 1 fully saturated rings. The first-order valence-corrected chi connectivity index (χ1v) is 9.15. The van der Waals surface area contributed by atoms with Crippen LogP contribution in [-0.4, -0.2) is 47.5 Å². The lowest BCUT2D eigenvalue weighted by Crippen LogP contribution is -2.36. The van der Waals surface area contributed by atoms with Crippen LogP contribution in [0.1, 0.15) is 11.1 Å². The van der Waals surface area contributed by atoms with Crippen LogP contribution in [0.5, 0.6) is 5.75 Å². The van der Waals surface area contributed by atoms with E-state index < -0.39 is 5.97 Å². The highest BCUT2D eigenvalue weighted by Gasteiger charge is 2.36. The molecule has 1 saturated heterocycles. The Kier molecular flexibility index (Phi) is 6.23. The van der Waals surface area contributed by atoms with Gasteiger partial charge in [0.1, 0.15) is 30.4 Å². The zero-order valence-electron chi connectivity index (χ0n) is 15.9. The maximum absolute atomic E-state index is 12.9. The molecular weight excluding hydrogens is 395 g/mol. The number of hydrogen-bond acceptors (Lipinski definition) is 5. The third-order valence-electron chi connectivity index (χ3n) is 4.36. The molecule has 2 aromatic carbocycles. The van der Waals surface area contributed by atoms with Gasteiger partial charge in [0, 0.05) is 7.05 Å². The van der Waals surface area contributed by atoms with Crippen LogP contribution in [0.15, 0.2) is 54.2 Å². The summed E-state index contributed by atoms with van der Waals surface area (Å²) in [6.07, 6.45) is 1.69. The van der Waals surface area contributed by atoms with Crippen LogP contribution in [0.25, 0.3) is 6.08 Å². The summed E-state index contributed by atoms with van der Waals surface area (Å²) in [5.41, 5.74) is 1.99. The number of halogens is 1. The molecule has 0 saturated carbocycles. The molecule has 0 N–H and O–H groups in total. The maximum Gasteiger partial charge on any atom is 0.325 e. The van der Waals surface area contributed by atoms with Crippen LogP contribution in [0.4, 0.5) is 4.39 Å². The van der Waals surface area contributed by atoms with Gasteiger partial charge in [-0.25, -0.2) is 4.39 Å². The van der Waals surface area contributed by atoms with Crippen molar-refractivity contribution in [3.63, 3.8) is 0 Å². The van der Waals surface area contributed by atoms with Gasteiger partial charge in [0.05, 0.1) is 7.11 Å². The minimum absolute atomic E-state index is 0.230. The van der Waals surface area contributed by atoms with Gasteiger partial charge in [-0.1, -0.05) is 24.3 Å². The van der Waals surface area contributed by atoms with Crippen molar-refractivity contribution in [3.05, 3.63) is 71.2 Å². The lowest BCUT2D eigenvalue weighted by atomic mass is 10.1. The molecule has 0 aliphatic carbocycles. The Labute approximate surface area is 173 Å². The number of benzene rings is 2. The number of hydrogen-bond donors (Lipinski definition) is 0. The van der Waals surface area contributed by atoms with E-state index in [1.54, 1.807) is 54.4 Å². The second kappa shape index (κ2) is 8.83. The first-order valence-electron chi connectivity index (χ1n) is 8.74. The standard InChI is InChI=1S/C21H19FN2O4S/c1-23-18(20(26)24(21(23)29)12-19(25)27-2)11-14-5-9-17(10-6-14)28-13-15-3-7-16(22)8-4-15/h3-11H,12-13H2,1-2H3/b18-11-. The number of esters is 1. The summed E-state index contributed by atoms with van der Waals surface area (Å²) in [5, 5.41) is 0.242. The van der Waals surface area contributed by atoms with Gasteiger partial charge >= 0.3 is 5.97 Å². The number of thiocarbonyl (C=S) groups is 1. The van der Waals surface area contributed by atoms with Crippen LogP contribution >= 0.6 is 12.2 Å². The molecule has 2 aromatic rings. The summed E-state index contributed by atoms with van der Waals surface area (Å²) >= 11 is 5.25. The number of rotatable bonds is 6. The Morgan fingerprint density at radius 3 is 2.41 bits per heavy atom. The highest BCUT2D eigenvalue weighted by Crippen LogP contribution is 2.23. The van der Waals surface area contributed by atoms with E-state index in [1.165, 1.54) is 24.1 Å². The smallest absolute Gasteiger partial charge is 0.325 e. The van der Waals surface area contributed by atoms with Gasteiger partial charge in [-0.2, -0.15) is 0 Å². The van der Waals surface area contributed by atoms with E-state index in [0.29, 0.717) is 18.1 Å². The fourth-order valence-corrected chi connectivity index (χ4v) is 2.96. The first kappa shape index (κ1) is 20.5. The van der Waals surface area contributed by atoms with Crippen molar-refractivity contribution in [1.29, 1.82) is 0 Å². The lowest BCUT2D eigenvalue weighted by molar-refractivity contribution is -0.143. The van der Waals surface area contributed by atoms with Gasteiger partial charge in [-0.15, -0.1) is 0 Å². The highest BCUT2D eigenvalue weighted by atomic mass is 32.1. The van der Waals surface area contributed by atoms with Crippen molar-refractivity contribution in [1.82, 2.24) is 9.80 Å². The van der Waals surface area contributed by atoms with Gasteiger partial charge in [0.15, 0.2) is 5.11 Å². The van der Waals surface area contributed by atoms with Crippen molar-refractivity contribution in [2.24, 2.45) is 0 Å². The number of carbonyl (C=O) groups excluding carboxylic acids is 2. The van der Waals surface area contributed by atoms with Crippen molar-refractivity contribution >= 4 is 35.3 Å². The average molecular weight is 414 g/mol. The van der Waals surface area contributed by atoms with Crippen molar-refractivity contribution in [2.75, 3.05) is 20.7 Å². The van der Waals surface area contributed by atoms with E-state index in [4.69, 9.17) is 17.0 Å². The Morgan fingerprint density at radius 2 is 1.79 bits per heavy atom. The van der Waals surface area contributed by atoms with E-state index in [1.807, 2.05) is 0 Å². The van der Waals surface area contributed by atoms with Crippen LogP contribution in [-0.2, 0) is 20.9 Å². The second-order valence-electron chi connectivity index (χ2n) is 6.32. The number of carbonyl (C=O) groups is 2. The molecule has 0 bridgehead atoms. The maximum atomic E-state index is 12.9. The van der Waals surface area contributed by atoms with Crippen LogP contribution in [0.2, 0.25) is 0 Å². The predicted octanol–water partition coefficient (Wildman–Crippen LogP) is 2.98. The molecule has 0 unspecified atom stereocenters. The van der Waals surface area contributed by atoms with E-state index >= 15 is 0 Å². The molecule has 0 atom stereocenters. The molecule has 8 heteroatoms. The predicted molar refractivity (Wildman–Crippen MR) is 109 cm³/mol. The Hall–Kier alpha value is -3.26. The average Bonchev–Trinajstić information content (AvgIpc) is 2.92. The molecule has 1 heterocycles. The highest BCUT2D eigenvalue weighted by molar-refractivity contribution is 7.80. The molecule has 0 radical (unpaired) electrons. The largest absolute Gasteiger partial charge is 0.489 e. The molecule has 0 spiro atoms. The molecule has 3 rings (SSSR count). The van der Waals surface area contributed by atoms with Gasteiger partial charge in [0.25, 0.3) is 5.91 Å². The molecule has 6 nitrogen and oxygen atoms in total. The zero-order valence-corrected chi connectivity index (χ0v) is 16.7. The molecule has 1 aliphatic rings. The molecule has 150 valence electrons. The van der Waals surface area contributed by atoms with E-state index in [-0.39, 0.29) is 23.4 Å². The summed E-state index contributed by atoms with van der Waals surface area (Å²) in [5.74, 6) is -0.551. The molecule has 1 amide bonds. The minimum atomic E-state index is -0.544. The molecular formula is C21H19FN2O4S. The number of nitrogens with zero attached hydrogens (tertiary/aromatic N) is 2. The van der Waals surface area contributed by atoms with Crippen molar-refractivity contribution < 1.29 is 23.5 Å². The van der Waals surface area contributed by atoms with Gasteiger partial charge in [-0.3, -0.25) is 14.5 Å². The third kappa shape index (κ3) is 4.78. The fraction of sp³-hybridized carbons (Fsp3) is 0.190. The van der Waals surface area contributed by atoms with Gasteiger partial charge in [-0.05, 0) is 53.7 Å². The SMILES string of the molecule is COC(=O)CN1C(=O)/C(=C/c2ccc(OCc3ccc(F)cc3)cc2)N(C)C1=S. The van der Waals surface area contributed by atoms with Crippen LogP contribution < -0.4 is 4.74 Å². The third-order valence-corrected chi connectivity index (χ3v) is 4.85. The number of ether oxygens (including phenoxy) is 2. The van der Waals surface area contributed by atoms with Crippen molar-refractivity contribution in [2.45, 2.75) is 6.61 Å². The van der Waals surface area contributed by atoms with Gasteiger partial charge in [0.2, 0.25) is 0 Å². The number of methoxy groups -OCH3 is 1. The van der Waals surface area contributed by atoms with E-state index in [2.05, 4.69) is 4.74 Å². The van der Waals surface area contributed by atoms with Crippen molar-refractivity contribution in [3.8, 4) is 5.75 Å². The Balaban J connectivity index is 1.68. The number of amides is 1. The quantitative estimate of drug-likeness (QED) is 0.412. The fourth-order valence-electron chi connectivity index (χ4n) is 2.71. The molecule has 29 heavy (non-hydrogen) atoms. The monoisotopic (exact) mass is 414 g/mol. The normalized spacial score (nSPS) is 15.2. The zero-order chi connectivity index (χ0) is 21.0. The summed E-state index contributed by atoms with van der Waals surface area (Å²) in [4.78, 5) is 26.9. The van der Waals surface area contributed by atoms with Crippen LogP contribution in [0, 0.1) is 5.82 Å². The Morgan fingerprint density at radius 1 is 1.14 bits per heavy atom. The second-order valence-corrected chi connectivity index (χ2v) is 6.69. The lowest BCUT2D eigenvalue weighted by Gasteiger charge is -2.14. The summed E-state index contributed by atoms with van der Waals surface area (Å²) < 4.78 is 23.2. The topological polar surface area (TPSA) is 59.1 Å². The summed E-state index contributed by atoms with van der Waals surface area (Å²) in [6.45, 7) is 0.0880. The summed E-state index contributed by atoms with van der Waals surface area (Å²) in [6, 6.07) is 13.3. The number of likely N-dealkylation sites (N-methyl/N-ethyl adjacent to an activating group) is 1. The first-order chi connectivity index (χ1) is 13.9. The van der Waals surface area contributed by atoms with E-state index in [9.17, 15) is 14.0 Å². The Bertz CT molecular complexity index is 958. The van der Waals surface area contributed by atoms with E-state index in [0.717, 1.165) is 11.1 Å². The molecule has 1 aliphatic heterocycles. The molecule has 0 aromatic heterocycles. The summed E-state index contributed by atoms with van der Waals surface area (Å²) in [7, 11) is 2.93. The van der Waals surface area contributed by atoms with Crippen LogP contribution in [0.3, 0.4) is 0 Å². The van der Waals surface area contributed by atoms with Gasteiger partial charge < -0.3 is 14.4 Å². The minimum Gasteiger partial charge on any atom is -0.489 e.